The van der Waals surface area contributed by atoms with Gasteiger partial charge in [-0.3, -0.25) is 0 Å². The van der Waals surface area contributed by atoms with Crippen molar-refractivity contribution < 1.29 is 0 Å². The highest BCUT2D eigenvalue weighted by atomic mass is 15.0. The highest BCUT2D eigenvalue weighted by Crippen LogP contribution is 2.50. The molecule has 12 aromatic rings. The number of aromatic nitrogens is 4. The van der Waals surface area contributed by atoms with Gasteiger partial charge in [-0.2, -0.15) is 0 Å². The molecule has 0 radical (unpaired) electrons. The number of nitrogens with zero attached hydrogens (tertiary/aromatic N) is 4. The molecule has 9 aromatic carbocycles. The van der Waals surface area contributed by atoms with E-state index in [1.807, 2.05) is 0 Å². The SMILES string of the molecule is CC1(C)c2ccccc2-c2ccc(-c3cc(-c4cc(-n5c6ccccc6c6ccccc65)cc(-n5c6ccccc6c6ccccc65)c4)nc(-c4ccc(-c5ccccc5)cc4)n3)cc21. The molecule has 0 N–H and O–H groups in total. The number of hydrogen-bond acceptors (Lipinski definition) is 2. The molecule has 0 saturated carbocycles. The van der Waals surface area contributed by atoms with Gasteiger partial charge in [0, 0.05) is 55.0 Å². The summed E-state index contributed by atoms with van der Waals surface area (Å²) in [5, 5.41) is 4.89. The number of rotatable bonds is 6. The molecule has 0 spiro atoms. The Morgan fingerprint density at radius 3 is 1.32 bits per heavy atom. The number of fused-ring (bicyclic) bond motifs is 9. The van der Waals surface area contributed by atoms with E-state index >= 15 is 0 Å². The van der Waals surface area contributed by atoms with Crippen LogP contribution in [0, 0.1) is 0 Å². The van der Waals surface area contributed by atoms with Crippen LogP contribution in [0.3, 0.4) is 0 Å². The normalized spacial score (nSPS) is 12.9. The predicted octanol–water partition coefficient (Wildman–Crippen LogP) is 15.6. The number of hydrogen-bond donors (Lipinski definition) is 0. The largest absolute Gasteiger partial charge is 0.309 e. The van der Waals surface area contributed by atoms with Crippen molar-refractivity contribution in [2.24, 2.45) is 0 Å². The van der Waals surface area contributed by atoms with Crippen molar-refractivity contribution in [3.63, 3.8) is 0 Å². The summed E-state index contributed by atoms with van der Waals surface area (Å²) in [6.45, 7) is 4.67. The third-order valence-corrected chi connectivity index (χ3v) is 13.7. The smallest absolute Gasteiger partial charge is 0.160 e. The molecule has 0 atom stereocenters. The molecule has 4 heteroatoms. The summed E-state index contributed by atoms with van der Waals surface area (Å²) < 4.78 is 4.83. The average Bonchev–Trinajstić information content (AvgIpc) is 3.97. The Kier molecular flexibility index (Phi) is 8.22. The monoisotopic (exact) mass is 830 g/mol. The molecule has 0 bridgehead atoms. The van der Waals surface area contributed by atoms with Crippen LogP contribution in [0.4, 0.5) is 0 Å². The van der Waals surface area contributed by atoms with E-state index in [0.29, 0.717) is 5.82 Å². The van der Waals surface area contributed by atoms with Crippen LogP contribution in [0.5, 0.6) is 0 Å². The molecule has 3 heterocycles. The molecular weight excluding hydrogens is 789 g/mol. The van der Waals surface area contributed by atoms with E-state index in [1.54, 1.807) is 0 Å². The molecule has 65 heavy (non-hydrogen) atoms. The maximum absolute atomic E-state index is 5.50. The highest BCUT2D eigenvalue weighted by Gasteiger charge is 2.35. The summed E-state index contributed by atoms with van der Waals surface area (Å²) in [6.07, 6.45) is 0. The first-order valence-corrected chi connectivity index (χ1v) is 22.4. The first kappa shape index (κ1) is 37.2. The minimum Gasteiger partial charge on any atom is -0.309 e. The first-order valence-electron chi connectivity index (χ1n) is 22.4. The second kappa shape index (κ2) is 14.3. The lowest BCUT2D eigenvalue weighted by Gasteiger charge is -2.22. The van der Waals surface area contributed by atoms with Crippen molar-refractivity contribution in [3.05, 3.63) is 230 Å². The van der Waals surface area contributed by atoms with Crippen LogP contribution in [0.25, 0.3) is 111 Å². The van der Waals surface area contributed by atoms with Gasteiger partial charge in [0.05, 0.1) is 33.5 Å². The van der Waals surface area contributed by atoms with Crippen LogP contribution in [0.1, 0.15) is 25.0 Å². The lowest BCUT2D eigenvalue weighted by Crippen LogP contribution is -2.14. The lowest BCUT2D eigenvalue weighted by molar-refractivity contribution is 0.660. The second-order valence-corrected chi connectivity index (χ2v) is 17.8. The Morgan fingerprint density at radius 2 is 0.754 bits per heavy atom. The minimum absolute atomic E-state index is 0.151. The summed E-state index contributed by atoms with van der Waals surface area (Å²) >= 11 is 0. The van der Waals surface area contributed by atoms with Gasteiger partial charge in [-0.05, 0) is 88.0 Å². The molecule has 3 aromatic heterocycles. The van der Waals surface area contributed by atoms with Crippen molar-refractivity contribution in [3.8, 4) is 67.5 Å². The molecule has 1 aliphatic rings. The van der Waals surface area contributed by atoms with E-state index in [9.17, 15) is 0 Å². The van der Waals surface area contributed by atoms with Crippen molar-refractivity contribution in [1.82, 2.24) is 19.1 Å². The van der Waals surface area contributed by atoms with Gasteiger partial charge >= 0.3 is 0 Å². The fourth-order valence-electron chi connectivity index (χ4n) is 10.6. The summed E-state index contributed by atoms with van der Waals surface area (Å²) in [5.74, 6) is 0.681. The third kappa shape index (κ3) is 5.84. The van der Waals surface area contributed by atoms with Crippen LogP contribution in [-0.4, -0.2) is 19.1 Å². The van der Waals surface area contributed by atoms with Gasteiger partial charge in [-0.1, -0.05) is 178 Å². The van der Waals surface area contributed by atoms with Crippen molar-refractivity contribution in [2.45, 2.75) is 19.3 Å². The Balaban J connectivity index is 1.08. The zero-order valence-corrected chi connectivity index (χ0v) is 36.1. The van der Waals surface area contributed by atoms with E-state index in [0.717, 1.165) is 67.1 Å². The molecule has 13 rings (SSSR count). The van der Waals surface area contributed by atoms with Crippen molar-refractivity contribution >= 4 is 43.6 Å². The fraction of sp³-hybridized carbons (Fsp3) is 0.0492. The summed E-state index contributed by atoms with van der Waals surface area (Å²) in [7, 11) is 0. The minimum atomic E-state index is -0.151. The maximum atomic E-state index is 5.50. The van der Waals surface area contributed by atoms with Crippen LogP contribution < -0.4 is 0 Å². The average molecular weight is 831 g/mol. The number of para-hydroxylation sites is 4. The molecule has 0 aliphatic heterocycles. The van der Waals surface area contributed by atoms with E-state index in [-0.39, 0.29) is 5.41 Å². The van der Waals surface area contributed by atoms with Gasteiger partial charge in [0.2, 0.25) is 0 Å². The Bertz CT molecular complexity index is 3610. The lowest BCUT2D eigenvalue weighted by atomic mass is 9.82. The molecule has 1 aliphatic carbocycles. The molecule has 0 saturated heterocycles. The van der Waals surface area contributed by atoms with E-state index in [4.69, 9.17) is 9.97 Å². The summed E-state index contributed by atoms with van der Waals surface area (Å²) in [4.78, 5) is 10.9. The zero-order valence-electron chi connectivity index (χ0n) is 36.1. The Morgan fingerprint density at radius 1 is 0.323 bits per heavy atom. The number of benzene rings is 9. The zero-order chi connectivity index (χ0) is 43.2. The highest BCUT2D eigenvalue weighted by molar-refractivity contribution is 6.10. The van der Waals surface area contributed by atoms with Gasteiger partial charge in [0.15, 0.2) is 5.82 Å². The van der Waals surface area contributed by atoms with Gasteiger partial charge in [0.25, 0.3) is 0 Å². The van der Waals surface area contributed by atoms with Crippen LogP contribution in [0.2, 0.25) is 0 Å². The quantitative estimate of drug-likeness (QED) is 0.167. The first-order chi connectivity index (χ1) is 32.0. The predicted molar refractivity (Wildman–Crippen MR) is 270 cm³/mol. The fourth-order valence-corrected chi connectivity index (χ4v) is 10.6. The third-order valence-electron chi connectivity index (χ3n) is 13.7. The molecule has 4 nitrogen and oxygen atoms in total. The van der Waals surface area contributed by atoms with E-state index in [2.05, 4.69) is 241 Å². The second-order valence-electron chi connectivity index (χ2n) is 17.8. The standard InChI is InChI=1S/C61H42N4/c1-61(2)52-23-11-6-18-46(52)47-33-32-42(36-53(47)61)54-38-55(63-60(62-54)41-30-28-40(29-31-41)39-16-4-3-5-17-39)43-34-44(64-56-24-12-7-19-48(56)49-20-8-13-25-57(49)64)37-45(35-43)65-58-26-14-9-21-50(58)51-22-10-15-27-59(51)65/h3-38H,1-2H3. The van der Waals surface area contributed by atoms with Gasteiger partial charge in [0.1, 0.15) is 0 Å². The molecule has 0 fully saturated rings. The van der Waals surface area contributed by atoms with Crippen LogP contribution >= 0.6 is 0 Å². The Hall–Kier alpha value is -8.34. The summed E-state index contributed by atoms with van der Waals surface area (Å²) in [6, 6.07) is 79.0. The van der Waals surface area contributed by atoms with Gasteiger partial charge in [-0.25, -0.2) is 9.97 Å². The van der Waals surface area contributed by atoms with Crippen molar-refractivity contribution in [1.29, 1.82) is 0 Å². The Labute approximate surface area is 377 Å². The van der Waals surface area contributed by atoms with Crippen LogP contribution in [-0.2, 0) is 5.41 Å². The van der Waals surface area contributed by atoms with Gasteiger partial charge in [-0.15, -0.1) is 0 Å². The topological polar surface area (TPSA) is 35.6 Å². The van der Waals surface area contributed by atoms with E-state index in [1.165, 1.54) is 49.4 Å². The molecule has 0 amide bonds. The molecular formula is C61H42N4. The van der Waals surface area contributed by atoms with Crippen LogP contribution in [0.15, 0.2) is 218 Å². The van der Waals surface area contributed by atoms with E-state index < -0.39 is 0 Å². The van der Waals surface area contributed by atoms with Crippen molar-refractivity contribution in [2.75, 3.05) is 0 Å². The summed E-state index contributed by atoms with van der Waals surface area (Å²) in [5.41, 5.74) is 18.9. The maximum Gasteiger partial charge on any atom is 0.160 e. The molecule has 306 valence electrons. The molecule has 0 unspecified atom stereocenters. The van der Waals surface area contributed by atoms with Gasteiger partial charge < -0.3 is 9.13 Å².